The summed E-state index contributed by atoms with van der Waals surface area (Å²) in [5.41, 5.74) is 0. The van der Waals surface area contributed by atoms with Gasteiger partial charge in [0.2, 0.25) is 0 Å². The molecule has 0 fully saturated rings. The van der Waals surface area contributed by atoms with E-state index in [1.54, 1.807) is 8.70 Å². The molecule has 0 aliphatic heterocycles. The fourth-order valence-electron chi connectivity index (χ4n) is 1.76. The third-order valence-corrected chi connectivity index (χ3v) is 6.69. The van der Waals surface area contributed by atoms with Crippen molar-refractivity contribution in [3.63, 3.8) is 0 Å². The molecule has 0 saturated heterocycles. The topological polar surface area (TPSA) is 0 Å². The van der Waals surface area contributed by atoms with Crippen LogP contribution in [0.15, 0.2) is 28.7 Å². The van der Waals surface area contributed by atoms with Gasteiger partial charge in [-0.3, -0.25) is 0 Å². The van der Waals surface area contributed by atoms with Crippen molar-refractivity contribution in [3.8, 4) is 0 Å². The number of hydrogen-bond acceptors (Lipinski definition) is 0. The quantitative estimate of drug-likeness (QED) is 0.576. The Labute approximate surface area is 106 Å². The van der Waals surface area contributed by atoms with Crippen LogP contribution in [-0.4, -0.2) is 14.5 Å². The fraction of sp³-hybridized carbons (Fsp3) is 0.385. The van der Waals surface area contributed by atoms with Crippen molar-refractivity contribution in [2.75, 3.05) is 0 Å². The van der Waals surface area contributed by atoms with Gasteiger partial charge < -0.3 is 0 Å². The summed E-state index contributed by atoms with van der Waals surface area (Å²) in [6, 6.07) is 8.78. The predicted octanol–water partition coefficient (Wildman–Crippen LogP) is 4.39. The van der Waals surface area contributed by atoms with E-state index in [9.17, 15) is 0 Å². The van der Waals surface area contributed by atoms with Crippen LogP contribution in [0.3, 0.4) is 0 Å². The van der Waals surface area contributed by atoms with Crippen molar-refractivity contribution in [2.45, 2.75) is 32.6 Å². The van der Waals surface area contributed by atoms with Gasteiger partial charge in [0.1, 0.15) is 0 Å². The van der Waals surface area contributed by atoms with E-state index in [-0.39, 0.29) is 0 Å². The van der Waals surface area contributed by atoms with Crippen LogP contribution in [0, 0.1) is 0 Å². The van der Waals surface area contributed by atoms with E-state index >= 15 is 0 Å². The minimum absolute atomic E-state index is 0.573. The molecule has 2 heteroatoms. The normalized spacial score (nSPS) is 11.1. The summed E-state index contributed by atoms with van der Waals surface area (Å²) in [5.74, 6) is 0. The molecule has 0 unspecified atom stereocenters. The summed E-state index contributed by atoms with van der Waals surface area (Å²) in [4.78, 5) is 0. The van der Waals surface area contributed by atoms with Gasteiger partial charge in [0.25, 0.3) is 0 Å². The first kappa shape index (κ1) is 11.4. The summed E-state index contributed by atoms with van der Waals surface area (Å²) in [7, 11) is 0. The molecule has 1 aromatic carbocycles. The van der Waals surface area contributed by atoms with Gasteiger partial charge in [0.15, 0.2) is 0 Å². The van der Waals surface area contributed by atoms with Crippen LogP contribution in [0.1, 0.15) is 30.6 Å². The molecule has 0 saturated carbocycles. The number of rotatable bonds is 4. The molecule has 2 rings (SSSR count). The molecule has 80 valence electrons. The molecule has 0 amide bonds. The van der Waals surface area contributed by atoms with Crippen LogP contribution in [0.5, 0.6) is 0 Å². The molecular formula is C13H15BrSe. The summed E-state index contributed by atoms with van der Waals surface area (Å²) in [5, 5.41) is 1.43. The van der Waals surface area contributed by atoms with Crippen LogP contribution >= 0.6 is 15.9 Å². The Balaban J connectivity index is 2.24. The van der Waals surface area contributed by atoms with Gasteiger partial charge in [-0.15, -0.1) is 0 Å². The van der Waals surface area contributed by atoms with Crippen LogP contribution in [0.4, 0.5) is 0 Å². The SMILES string of the molecule is CCCCCc1[se]c2ccccc2c1Br. The zero-order valence-corrected chi connectivity index (χ0v) is 12.2. The molecule has 0 radical (unpaired) electrons. The molecule has 0 aliphatic rings. The van der Waals surface area contributed by atoms with Crippen molar-refractivity contribution in [1.82, 2.24) is 0 Å². The van der Waals surface area contributed by atoms with E-state index < -0.39 is 0 Å². The number of unbranched alkanes of at least 4 members (excludes halogenated alkanes) is 2. The first-order valence-corrected chi connectivity index (χ1v) is 7.99. The molecule has 1 aromatic heterocycles. The van der Waals surface area contributed by atoms with Crippen molar-refractivity contribution in [3.05, 3.63) is 33.2 Å². The molecule has 0 nitrogen and oxygen atoms in total. The maximum absolute atomic E-state index is 3.75. The Hall–Kier alpha value is -0.0405. The van der Waals surface area contributed by atoms with Gasteiger partial charge in [-0.1, -0.05) is 0 Å². The zero-order chi connectivity index (χ0) is 10.7. The Morgan fingerprint density at radius 2 is 2.00 bits per heavy atom. The van der Waals surface area contributed by atoms with Gasteiger partial charge in [-0.2, -0.15) is 0 Å². The molecule has 0 atom stereocenters. The molecular weight excluding hydrogens is 315 g/mol. The number of fused-ring (bicyclic) bond motifs is 1. The van der Waals surface area contributed by atoms with Crippen LogP contribution in [0.2, 0.25) is 0 Å². The van der Waals surface area contributed by atoms with Gasteiger partial charge in [0.05, 0.1) is 0 Å². The number of halogens is 1. The molecule has 0 spiro atoms. The van der Waals surface area contributed by atoms with Gasteiger partial charge in [-0.05, 0) is 0 Å². The molecule has 0 aliphatic carbocycles. The average Bonchev–Trinajstić information content (AvgIpc) is 2.57. The van der Waals surface area contributed by atoms with Crippen LogP contribution in [-0.2, 0) is 6.42 Å². The van der Waals surface area contributed by atoms with Crippen LogP contribution < -0.4 is 0 Å². The van der Waals surface area contributed by atoms with Crippen molar-refractivity contribution < 1.29 is 0 Å². The van der Waals surface area contributed by atoms with E-state index in [1.807, 2.05) is 0 Å². The van der Waals surface area contributed by atoms with Crippen molar-refractivity contribution >= 4 is 40.1 Å². The van der Waals surface area contributed by atoms with Gasteiger partial charge >= 0.3 is 106 Å². The molecule has 0 N–H and O–H groups in total. The Morgan fingerprint density at radius 3 is 2.73 bits per heavy atom. The molecule has 1 heterocycles. The van der Waals surface area contributed by atoms with Crippen molar-refractivity contribution in [2.24, 2.45) is 0 Å². The van der Waals surface area contributed by atoms with Crippen LogP contribution in [0.25, 0.3) is 9.65 Å². The standard InChI is InChI=1S/C13H15BrSe/c1-2-3-4-9-12-13(14)10-7-5-6-8-11(10)15-12/h5-8H,2-4,9H2,1H3. The zero-order valence-electron chi connectivity index (χ0n) is 8.92. The third kappa shape index (κ3) is 2.55. The summed E-state index contributed by atoms with van der Waals surface area (Å²) in [6.45, 7) is 2.26. The van der Waals surface area contributed by atoms with E-state index in [1.165, 1.54) is 35.5 Å². The Kier molecular flexibility index (Phi) is 4.07. The van der Waals surface area contributed by atoms with E-state index in [4.69, 9.17) is 0 Å². The maximum atomic E-state index is 3.75. The van der Waals surface area contributed by atoms with E-state index in [2.05, 4.69) is 47.1 Å². The average molecular weight is 330 g/mol. The summed E-state index contributed by atoms with van der Waals surface area (Å²) in [6.07, 6.45) is 5.29. The number of hydrogen-bond donors (Lipinski definition) is 0. The summed E-state index contributed by atoms with van der Waals surface area (Å²) >= 11 is 4.32. The fourth-order valence-corrected chi connectivity index (χ4v) is 5.41. The second-order valence-electron chi connectivity index (χ2n) is 3.79. The summed E-state index contributed by atoms with van der Waals surface area (Å²) < 4.78 is 4.58. The van der Waals surface area contributed by atoms with E-state index in [0.29, 0.717) is 14.5 Å². The van der Waals surface area contributed by atoms with Crippen molar-refractivity contribution in [1.29, 1.82) is 0 Å². The van der Waals surface area contributed by atoms with Gasteiger partial charge in [0, 0.05) is 0 Å². The number of aryl methyl sites for hydroxylation is 1. The monoisotopic (exact) mass is 330 g/mol. The van der Waals surface area contributed by atoms with Gasteiger partial charge in [-0.25, -0.2) is 0 Å². The second-order valence-corrected chi connectivity index (χ2v) is 6.97. The molecule has 15 heavy (non-hydrogen) atoms. The first-order chi connectivity index (χ1) is 7.33. The molecule has 0 bridgehead atoms. The molecule has 2 aromatic rings. The first-order valence-electron chi connectivity index (χ1n) is 5.49. The second kappa shape index (κ2) is 5.34. The Bertz CT molecular complexity index is 445. The minimum atomic E-state index is 0.573. The predicted molar refractivity (Wildman–Crippen MR) is 71.8 cm³/mol. The third-order valence-electron chi connectivity index (χ3n) is 2.61. The number of benzene rings is 1. The van der Waals surface area contributed by atoms with E-state index in [0.717, 1.165) is 0 Å². The Morgan fingerprint density at radius 1 is 1.20 bits per heavy atom.